The number of carboxylic acid groups (broad SMARTS) is 1. The molecule has 0 bridgehead atoms. The second-order valence-electron chi connectivity index (χ2n) is 3.61. The van der Waals surface area contributed by atoms with Gasteiger partial charge in [-0.2, -0.15) is 0 Å². The Kier molecular flexibility index (Phi) is 8.05. The standard InChI is InChI=1S/C9H8O4.C4H11N/c10-7-3-1-6(5-8(7)11)2-4-9(12)13;1-2-3-4-5/h1-5,10-11H,(H,12,13);2-5H2,1H3. The number of phenolic OH excluding ortho intramolecular Hbond substituents is 1. The lowest BCUT2D eigenvalue weighted by atomic mass is 10.2. The van der Waals surface area contributed by atoms with Gasteiger partial charge in [-0.1, -0.05) is 31.2 Å². The molecule has 0 aliphatic carbocycles. The van der Waals surface area contributed by atoms with Crippen molar-refractivity contribution in [2.75, 3.05) is 6.54 Å². The van der Waals surface area contributed by atoms with Gasteiger partial charge in [0.1, 0.15) is 5.75 Å². The summed E-state index contributed by atoms with van der Waals surface area (Å²) in [5, 5.41) is 28.0. The lowest BCUT2D eigenvalue weighted by Gasteiger charge is -2.07. The van der Waals surface area contributed by atoms with Crippen molar-refractivity contribution in [3.05, 3.63) is 29.8 Å². The van der Waals surface area contributed by atoms with Crippen LogP contribution in [0.3, 0.4) is 0 Å². The topological polar surface area (TPSA) is 108 Å². The number of hydrogen-bond acceptors (Lipinski definition) is 3. The van der Waals surface area contributed by atoms with Gasteiger partial charge in [0.15, 0.2) is 0 Å². The molecule has 0 saturated carbocycles. The predicted molar refractivity (Wildman–Crippen MR) is 66.9 cm³/mol. The van der Waals surface area contributed by atoms with E-state index in [0.29, 0.717) is 5.56 Å². The fourth-order valence-electron chi connectivity index (χ4n) is 1.06. The fraction of sp³-hybridized carbons (Fsp3) is 0.308. The Labute approximate surface area is 106 Å². The Balaban J connectivity index is 0.000000494. The number of quaternary nitrogens is 1. The average molecular weight is 253 g/mol. The Hall–Kier alpha value is -2.01. The third kappa shape index (κ3) is 7.29. The van der Waals surface area contributed by atoms with Crippen LogP contribution in [0, 0.1) is 0 Å². The molecule has 100 valence electrons. The maximum absolute atomic E-state index is 10.7. The highest BCUT2D eigenvalue weighted by Gasteiger charge is 1.92. The summed E-state index contributed by atoms with van der Waals surface area (Å²) in [5.41, 5.74) is 4.15. The van der Waals surface area contributed by atoms with Crippen molar-refractivity contribution in [2.45, 2.75) is 19.8 Å². The number of hydrogen-bond donors (Lipinski definition) is 3. The van der Waals surface area contributed by atoms with Crippen molar-refractivity contribution < 1.29 is 25.8 Å². The molecule has 5 heteroatoms. The van der Waals surface area contributed by atoms with Gasteiger partial charge in [-0.15, -0.1) is 0 Å². The molecule has 0 amide bonds. The van der Waals surface area contributed by atoms with E-state index in [9.17, 15) is 9.90 Å². The molecule has 0 aromatic heterocycles. The Morgan fingerprint density at radius 2 is 2.17 bits per heavy atom. The summed E-state index contributed by atoms with van der Waals surface area (Å²) in [6, 6.07) is 3.82. The number of rotatable bonds is 4. The summed E-state index contributed by atoms with van der Waals surface area (Å²) in [5.74, 6) is -1.94. The van der Waals surface area contributed by atoms with Crippen LogP contribution in [-0.4, -0.2) is 22.7 Å². The van der Waals surface area contributed by atoms with Crippen molar-refractivity contribution in [3.8, 4) is 11.5 Å². The predicted octanol–water partition coefficient (Wildman–Crippen LogP) is 0.592. The van der Waals surface area contributed by atoms with Crippen molar-refractivity contribution in [3.63, 3.8) is 0 Å². The number of phenols is 1. The zero-order valence-electron chi connectivity index (χ0n) is 10.4. The Morgan fingerprint density at radius 1 is 1.50 bits per heavy atom. The third-order valence-corrected chi connectivity index (χ3v) is 2.00. The summed E-state index contributed by atoms with van der Waals surface area (Å²) >= 11 is 0. The van der Waals surface area contributed by atoms with Crippen LogP contribution in [0.2, 0.25) is 0 Å². The van der Waals surface area contributed by atoms with Crippen LogP contribution in [0.25, 0.3) is 6.08 Å². The summed E-state index contributed by atoms with van der Waals surface area (Å²) in [7, 11) is 0. The Morgan fingerprint density at radius 3 is 2.56 bits per heavy atom. The summed E-state index contributed by atoms with van der Waals surface area (Å²) in [6.45, 7) is 3.27. The number of aliphatic carboxylic acids is 1. The molecule has 18 heavy (non-hydrogen) atoms. The highest BCUT2D eigenvalue weighted by atomic mass is 16.4. The molecule has 5 nitrogen and oxygen atoms in total. The molecule has 0 spiro atoms. The van der Waals surface area contributed by atoms with Gasteiger partial charge >= 0.3 is 5.97 Å². The van der Waals surface area contributed by atoms with Gasteiger partial charge in [-0.05, 0) is 24.1 Å². The molecule has 0 saturated heterocycles. The van der Waals surface area contributed by atoms with E-state index < -0.39 is 11.7 Å². The second kappa shape index (κ2) is 9.07. The van der Waals surface area contributed by atoms with Crippen LogP contribution in [0.15, 0.2) is 24.3 Å². The first-order valence-corrected chi connectivity index (χ1v) is 5.71. The van der Waals surface area contributed by atoms with E-state index in [4.69, 9.17) is 10.2 Å². The van der Waals surface area contributed by atoms with E-state index in [2.05, 4.69) is 12.7 Å². The first kappa shape index (κ1) is 16.0. The summed E-state index contributed by atoms with van der Waals surface area (Å²) in [4.78, 5) is 10.1. The number of benzene rings is 1. The smallest absolute Gasteiger partial charge is 0.328 e. The van der Waals surface area contributed by atoms with E-state index in [1.807, 2.05) is 0 Å². The zero-order chi connectivity index (χ0) is 14.0. The van der Waals surface area contributed by atoms with Crippen molar-refractivity contribution in [2.24, 2.45) is 0 Å². The van der Waals surface area contributed by atoms with E-state index in [-0.39, 0.29) is 5.75 Å². The fourth-order valence-corrected chi connectivity index (χ4v) is 1.06. The molecule has 1 rings (SSSR count). The molecule has 0 atom stereocenters. The highest BCUT2D eigenvalue weighted by molar-refractivity contribution is 5.85. The number of carboxylic acids is 1. The van der Waals surface area contributed by atoms with Crippen molar-refractivity contribution in [1.82, 2.24) is 0 Å². The van der Waals surface area contributed by atoms with Gasteiger partial charge in [0.05, 0.1) is 6.54 Å². The molecule has 1 aromatic rings. The monoisotopic (exact) mass is 253 g/mol. The SMILES string of the molecule is CCCC[NH3+].O=C(O)C=Cc1ccc([O-])c(O)c1. The second-order valence-corrected chi connectivity index (χ2v) is 3.61. The van der Waals surface area contributed by atoms with Crippen LogP contribution in [-0.2, 0) is 4.79 Å². The number of unbranched alkanes of at least 4 members (excludes halogenated alkanes) is 1. The van der Waals surface area contributed by atoms with Gasteiger partial charge in [0.25, 0.3) is 0 Å². The Bertz CT molecular complexity index is 400. The molecular formula is C13H19NO4. The van der Waals surface area contributed by atoms with E-state index in [0.717, 1.165) is 12.6 Å². The first-order valence-electron chi connectivity index (χ1n) is 5.71. The zero-order valence-corrected chi connectivity index (χ0v) is 10.4. The normalized spacial score (nSPS) is 9.89. The molecular weight excluding hydrogens is 234 g/mol. The molecule has 0 radical (unpaired) electrons. The van der Waals surface area contributed by atoms with Crippen LogP contribution in [0.1, 0.15) is 25.3 Å². The molecule has 0 aliphatic heterocycles. The molecule has 0 fully saturated rings. The summed E-state index contributed by atoms with van der Waals surface area (Å²) < 4.78 is 0. The van der Waals surface area contributed by atoms with Crippen LogP contribution in [0.5, 0.6) is 11.5 Å². The van der Waals surface area contributed by atoms with Crippen LogP contribution >= 0.6 is 0 Å². The molecule has 1 aromatic carbocycles. The third-order valence-electron chi connectivity index (χ3n) is 2.00. The van der Waals surface area contributed by atoms with E-state index in [1.54, 1.807) is 0 Å². The largest absolute Gasteiger partial charge is 0.870 e. The van der Waals surface area contributed by atoms with Gasteiger partial charge in [-0.25, -0.2) is 4.79 Å². The van der Waals surface area contributed by atoms with Crippen LogP contribution < -0.4 is 10.8 Å². The van der Waals surface area contributed by atoms with Crippen molar-refractivity contribution in [1.29, 1.82) is 0 Å². The molecule has 0 aliphatic rings. The lowest BCUT2D eigenvalue weighted by molar-refractivity contribution is -0.368. The van der Waals surface area contributed by atoms with Gasteiger partial charge in [-0.3, -0.25) is 0 Å². The summed E-state index contributed by atoms with van der Waals surface area (Å²) in [6.07, 6.45) is 4.78. The maximum atomic E-state index is 10.7. The average Bonchev–Trinajstić information content (AvgIpc) is 2.32. The number of aromatic hydroxyl groups is 1. The van der Waals surface area contributed by atoms with Gasteiger partial charge in [0, 0.05) is 6.08 Å². The quantitative estimate of drug-likeness (QED) is 0.682. The van der Waals surface area contributed by atoms with Gasteiger partial charge in [0.2, 0.25) is 0 Å². The van der Waals surface area contributed by atoms with Crippen LogP contribution in [0.4, 0.5) is 0 Å². The maximum Gasteiger partial charge on any atom is 0.328 e. The molecule has 0 heterocycles. The first-order chi connectivity index (χ1) is 8.51. The van der Waals surface area contributed by atoms with E-state index in [1.165, 1.54) is 37.1 Å². The molecule has 5 N–H and O–H groups in total. The minimum Gasteiger partial charge on any atom is -0.870 e. The van der Waals surface area contributed by atoms with E-state index >= 15 is 0 Å². The highest BCUT2D eigenvalue weighted by Crippen LogP contribution is 2.22. The van der Waals surface area contributed by atoms with Gasteiger partial charge < -0.3 is 21.1 Å². The lowest BCUT2D eigenvalue weighted by Crippen LogP contribution is -2.49. The van der Waals surface area contributed by atoms with Crippen molar-refractivity contribution >= 4 is 12.0 Å². The minimum absolute atomic E-state index is 0.382. The molecule has 0 unspecified atom stereocenters. The minimum atomic E-state index is -1.08. The number of carbonyl (C=O) groups is 1.